The van der Waals surface area contributed by atoms with Crippen molar-refractivity contribution < 1.29 is 28.6 Å². The summed E-state index contributed by atoms with van der Waals surface area (Å²) in [5.74, 6) is -0.849. The van der Waals surface area contributed by atoms with Crippen molar-refractivity contribution in [2.24, 2.45) is 0 Å². The molecule has 0 saturated carbocycles. The first kappa shape index (κ1) is 72.9. The molecule has 6 nitrogen and oxygen atoms in total. The second-order valence-electron chi connectivity index (χ2n) is 23.1. The van der Waals surface area contributed by atoms with Crippen LogP contribution in [0.2, 0.25) is 0 Å². The molecular weight excluding hydrogens is 925 g/mol. The fraction of sp³-hybridized carbons (Fsp3) is 0.899. The molecule has 1 unspecified atom stereocenters. The fourth-order valence-electron chi connectivity index (χ4n) is 10.4. The van der Waals surface area contributed by atoms with Crippen molar-refractivity contribution in [1.82, 2.24) is 0 Å². The van der Waals surface area contributed by atoms with Crippen molar-refractivity contribution in [2.45, 2.75) is 386 Å². The average molecular weight is 1060 g/mol. The molecule has 0 amide bonds. The van der Waals surface area contributed by atoms with E-state index in [4.69, 9.17) is 14.2 Å². The summed E-state index contributed by atoms with van der Waals surface area (Å²) in [5, 5.41) is 0. The van der Waals surface area contributed by atoms with Crippen LogP contribution in [0, 0.1) is 0 Å². The van der Waals surface area contributed by atoms with E-state index in [1.54, 1.807) is 0 Å². The predicted molar refractivity (Wildman–Crippen MR) is 326 cm³/mol. The molecule has 0 aromatic rings. The number of esters is 3. The standard InChI is InChI=1S/C69H130O6/c1-4-7-10-13-16-18-20-22-24-26-28-30-32-33-34-35-37-38-40-42-44-46-48-50-53-56-59-62-68(71)74-65-66(64-73-67(70)61-58-55-52-15-12-9-6-3)75-69(72)63-60-57-54-51-49-47-45-43-41-39-36-31-29-27-25-23-21-19-17-14-11-8-5-2/h21,23,27,29,66H,4-20,22,24-26,28,30-65H2,1-3H3/b23-21-,29-27-. The lowest BCUT2D eigenvalue weighted by Crippen LogP contribution is -2.30. The van der Waals surface area contributed by atoms with E-state index in [-0.39, 0.29) is 31.1 Å². The molecule has 1 atom stereocenters. The molecule has 0 fully saturated rings. The highest BCUT2D eigenvalue weighted by Gasteiger charge is 2.19. The van der Waals surface area contributed by atoms with Crippen LogP contribution in [0.1, 0.15) is 380 Å². The highest BCUT2D eigenvalue weighted by Crippen LogP contribution is 2.18. The molecule has 442 valence electrons. The summed E-state index contributed by atoms with van der Waals surface area (Å²) in [5.41, 5.74) is 0. The quantitative estimate of drug-likeness (QED) is 0.0261. The van der Waals surface area contributed by atoms with Gasteiger partial charge in [-0.05, 0) is 51.4 Å². The van der Waals surface area contributed by atoms with Crippen molar-refractivity contribution in [1.29, 1.82) is 0 Å². The zero-order valence-corrected chi connectivity index (χ0v) is 50.8. The molecule has 0 aliphatic carbocycles. The van der Waals surface area contributed by atoms with Gasteiger partial charge in [0.2, 0.25) is 0 Å². The maximum Gasteiger partial charge on any atom is 0.306 e. The summed E-state index contributed by atoms with van der Waals surface area (Å²) < 4.78 is 16.9. The zero-order chi connectivity index (χ0) is 54.3. The second kappa shape index (κ2) is 64.4. The van der Waals surface area contributed by atoms with E-state index < -0.39 is 6.10 Å². The summed E-state index contributed by atoms with van der Waals surface area (Å²) in [7, 11) is 0. The number of allylic oxidation sites excluding steroid dienone is 4. The third-order valence-electron chi connectivity index (χ3n) is 15.5. The number of rotatable bonds is 63. The molecule has 0 radical (unpaired) electrons. The van der Waals surface area contributed by atoms with Crippen LogP contribution in [0.25, 0.3) is 0 Å². The molecule has 0 aromatic heterocycles. The Bertz CT molecular complexity index is 1210. The molecule has 75 heavy (non-hydrogen) atoms. The maximum atomic E-state index is 12.9. The van der Waals surface area contributed by atoms with Gasteiger partial charge in [-0.2, -0.15) is 0 Å². The summed E-state index contributed by atoms with van der Waals surface area (Å²) in [6.07, 6.45) is 78.0. The lowest BCUT2D eigenvalue weighted by atomic mass is 10.0. The average Bonchev–Trinajstić information content (AvgIpc) is 3.41. The van der Waals surface area contributed by atoms with Crippen LogP contribution in [0.4, 0.5) is 0 Å². The largest absolute Gasteiger partial charge is 0.462 e. The number of hydrogen-bond donors (Lipinski definition) is 0. The Balaban J connectivity index is 4.04. The van der Waals surface area contributed by atoms with E-state index in [1.807, 2.05) is 0 Å². The molecule has 0 aliphatic heterocycles. The SMILES string of the molecule is CCCCCCC/C=C\C/C=C\CCCCCCCCCCCCCC(=O)OC(COC(=O)CCCCCCCCC)COC(=O)CCCCCCCCCCCCCCCCCCCCCCCCCCCCC. The number of carbonyl (C=O) groups is 3. The topological polar surface area (TPSA) is 78.9 Å². The lowest BCUT2D eigenvalue weighted by Gasteiger charge is -2.18. The number of hydrogen-bond acceptors (Lipinski definition) is 6. The van der Waals surface area contributed by atoms with Gasteiger partial charge in [-0.1, -0.05) is 334 Å². The first-order valence-electron chi connectivity index (χ1n) is 33.8. The van der Waals surface area contributed by atoms with Gasteiger partial charge in [0.1, 0.15) is 13.2 Å². The zero-order valence-electron chi connectivity index (χ0n) is 50.8. The second-order valence-corrected chi connectivity index (χ2v) is 23.1. The van der Waals surface area contributed by atoms with Crippen molar-refractivity contribution >= 4 is 17.9 Å². The van der Waals surface area contributed by atoms with Gasteiger partial charge < -0.3 is 14.2 Å². The third kappa shape index (κ3) is 62.6. The lowest BCUT2D eigenvalue weighted by molar-refractivity contribution is -0.167. The molecule has 0 aliphatic rings. The number of unbranched alkanes of at least 4 members (excludes halogenated alkanes) is 48. The highest BCUT2D eigenvalue weighted by atomic mass is 16.6. The first-order valence-corrected chi connectivity index (χ1v) is 33.8. The van der Waals surface area contributed by atoms with Gasteiger partial charge in [0.25, 0.3) is 0 Å². The third-order valence-corrected chi connectivity index (χ3v) is 15.5. The van der Waals surface area contributed by atoms with Crippen LogP contribution in [-0.2, 0) is 28.6 Å². The number of carbonyl (C=O) groups excluding carboxylic acids is 3. The van der Waals surface area contributed by atoms with Crippen LogP contribution < -0.4 is 0 Å². The molecule has 0 heterocycles. The highest BCUT2D eigenvalue weighted by molar-refractivity contribution is 5.71. The predicted octanol–water partition coefficient (Wildman–Crippen LogP) is 23.0. The fourth-order valence-corrected chi connectivity index (χ4v) is 10.4. The van der Waals surface area contributed by atoms with Crippen molar-refractivity contribution in [2.75, 3.05) is 13.2 Å². The Morgan fingerprint density at radius 1 is 0.267 bits per heavy atom. The van der Waals surface area contributed by atoms with Crippen LogP contribution >= 0.6 is 0 Å². The minimum Gasteiger partial charge on any atom is -0.462 e. The van der Waals surface area contributed by atoms with Gasteiger partial charge in [0, 0.05) is 19.3 Å². The van der Waals surface area contributed by atoms with Gasteiger partial charge in [0.05, 0.1) is 0 Å². The van der Waals surface area contributed by atoms with Gasteiger partial charge in [0.15, 0.2) is 6.10 Å². The molecule has 0 saturated heterocycles. The van der Waals surface area contributed by atoms with Gasteiger partial charge in [-0.3, -0.25) is 14.4 Å². The Morgan fingerprint density at radius 3 is 0.733 bits per heavy atom. The molecule has 0 rings (SSSR count). The Hall–Kier alpha value is -2.11. The van der Waals surface area contributed by atoms with Gasteiger partial charge >= 0.3 is 17.9 Å². The van der Waals surface area contributed by atoms with E-state index in [0.29, 0.717) is 19.3 Å². The summed E-state index contributed by atoms with van der Waals surface area (Å²) in [4.78, 5) is 38.1. The molecule has 0 aromatic carbocycles. The molecule has 0 spiro atoms. The first-order chi connectivity index (χ1) is 37.0. The summed E-state index contributed by atoms with van der Waals surface area (Å²) >= 11 is 0. The molecule has 6 heteroatoms. The van der Waals surface area contributed by atoms with Crippen LogP contribution in [0.5, 0.6) is 0 Å². The Kier molecular flexibility index (Phi) is 62.6. The molecular formula is C69H130O6. The van der Waals surface area contributed by atoms with Crippen molar-refractivity contribution in [3.8, 4) is 0 Å². The van der Waals surface area contributed by atoms with E-state index in [0.717, 1.165) is 64.2 Å². The maximum absolute atomic E-state index is 12.9. The van der Waals surface area contributed by atoms with E-state index >= 15 is 0 Å². The van der Waals surface area contributed by atoms with Crippen LogP contribution in [0.15, 0.2) is 24.3 Å². The molecule has 0 N–H and O–H groups in total. The minimum atomic E-state index is -0.767. The normalized spacial score (nSPS) is 12.1. The van der Waals surface area contributed by atoms with Gasteiger partial charge in [-0.25, -0.2) is 0 Å². The summed E-state index contributed by atoms with van der Waals surface area (Å²) in [6, 6.07) is 0. The monoisotopic (exact) mass is 1050 g/mol. The van der Waals surface area contributed by atoms with E-state index in [9.17, 15) is 14.4 Å². The molecule has 0 bridgehead atoms. The van der Waals surface area contributed by atoms with Crippen LogP contribution in [0.3, 0.4) is 0 Å². The van der Waals surface area contributed by atoms with Crippen molar-refractivity contribution in [3.63, 3.8) is 0 Å². The van der Waals surface area contributed by atoms with Crippen LogP contribution in [-0.4, -0.2) is 37.2 Å². The van der Waals surface area contributed by atoms with Crippen molar-refractivity contribution in [3.05, 3.63) is 24.3 Å². The van der Waals surface area contributed by atoms with E-state index in [2.05, 4.69) is 45.1 Å². The Labute approximate surface area is 468 Å². The minimum absolute atomic E-state index is 0.0664. The smallest absolute Gasteiger partial charge is 0.306 e. The summed E-state index contributed by atoms with van der Waals surface area (Å²) in [6.45, 7) is 6.66. The van der Waals surface area contributed by atoms with E-state index in [1.165, 1.54) is 276 Å². The van der Waals surface area contributed by atoms with Gasteiger partial charge in [-0.15, -0.1) is 0 Å². The Morgan fingerprint density at radius 2 is 0.480 bits per heavy atom. The number of ether oxygens (including phenoxy) is 3.